The molecule has 1 unspecified atom stereocenters. The molecule has 0 fully saturated rings. The average molecular weight is 174 g/mol. The van der Waals surface area contributed by atoms with Gasteiger partial charge in [0.25, 0.3) is 0 Å². The molecular formula is C8H14O4. The zero-order valence-electron chi connectivity index (χ0n) is 7.53. The van der Waals surface area contributed by atoms with Gasteiger partial charge >= 0.3 is 5.97 Å². The van der Waals surface area contributed by atoms with E-state index in [1.165, 1.54) is 20.3 Å². The number of aliphatic carboxylic acids is 1. The summed E-state index contributed by atoms with van der Waals surface area (Å²) in [5.74, 6) is -0.991. The van der Waals surface area contributed by atoms with E-state index in [0.717, 1.165) is 6.08 Å². The molecule has 70 valence electrons. The van der Waals surface area contributed by atoms with Gasteiger partial charge in [-0.15, -0.1) is 0 Å². The molecule has 0 bridgehead atoms. The minimum Gasteiger partial charge on any atom is -0.478 e. The molecule has 4 heteroatoms. The van der Waals surface area contributed by atoms with Gasteiger partial charge in [-0.3, -0.25) is 0 Å². The molecule has 0 aromatic rings. The summed E-state index contributed by atoms with van der Waals surface area (Å²) >= 11 is 0. The molecule has 0 aromatic carbocycles. The van der Waals surface area contributed by atoms with Crippen molar-refractivity contribution in [3.05, 3.63) is 12.2 Å². The number of methoxy groups -OCH3 is 2. The number of rotatable bonds is 5. The van der Waals surface area contributed by atoms with Crippen LogP contribution in [0.4, 0.5) is 0 Å². The summed E-state index contributed by atoms with van der Waals surface area (Å²) in [4.78, 5) is 10.2. The average Bonchev–Trinajstić information content (AvgIpc) is 2.02. The molecular weight excluding hydrogens is 160 g/mol. The Morgan fingerprint density at radius 1 is 1.58 bits per heavy atom. The van der Waals surface area contributed by atoms with Crippen molar-refractivity contribution in [3.8, 4) is 0 Å². The van der Waals surface area contributed by atoms with Gasteiger partial charge in [0.15, 0.2) is 0 Å². The predicted octanol–water partition coefficient (Wildman–Crippen LogP) is 0.679. The molecule has 0 radical (unpaired) electrons. The summed E-state index contributed by atoms with van der Waals surface area (Å²) in [6.07, 6.45) is 2.50. The van der Waals surface area contributed by atoms with Gasteiger partial charge in [-0.1, -0.05) is 0 Å². The topological polar surface area (TPSA) is 55.8 Å². The molecule has 1 N–H and O–H groups in total. The Balaban J connectivity index is 4.22. The van der Waals surface area contributed by atoms with E-state index in [1.54, 1.807) is 6.92 Å². The lowest BCUT2D eigenvalue weighted by atomic mass is 10.1. The lowest BCUT2D eigenvalue weighted by molar-refractivity contribution is -0.131. The SMILES string of the molecule is COCC(C)(C=CC(=O)O)OC. The summed E-state index contributed by atoms with van der Waals surface area (Å²) in [6, 6.07) is 0. The quantitative estimate of drug-likeness (QED) is 0.623. The summed E-state index contributed by atoms with van der Waals surface area (Å²) in [5.41, 5.74) is -0.660. The van der Waals surface area contributed by atoms with E-state index in [-0.39, 0.29) is 0 Å². The lowest BCUT2D eigenvalue weighted by Gasteiger charge is -2.22. The van der Waals surface area contributed by atoms with Crippen molar-refractivity contribution in [3.63, 3.8) is 0 Å². The molecule has 0 aliphatic rings. The van der Waals surface area contributed by atoms with Gasteiger partial charge in [0.2, 0.25) is 0 Å². The van der Waals surface area contributed by atoms with Gasteiger partial charge in [-0.2, -0.15) is 0 Å². The molecule has 4 nitrogen and oxygen atoms in total. The van der Waals surface area contributed by atoms with Gasteiger partial charge < -0.3 is 14.6 Å². The largest absolute Gasteiger partial charge is 0.478 e. The Hall–Kier alpha value is -0.870. The van der Waals surface area contributed by atoms with Crippen LogP contribution in [0.1, 0.15) is 6.92 Å². The molecule has 0 spiro atoms. The van der Waals surface area contributed by atoms with Crippen LogP contribution < -0.4 is 0 Å². The Bertz CT molecular complexity index is 176. The molecule has 0 aliphatic carbocycles. The molecule has 1 atom stereocenters. The molecule has 0 heterocycles. The number of hydrogen-bond donors (Lipinski definition) is 1. The maximum absolute atomic E-state index is 10.2. The Morgan fingerprint density at radius 2 is 2.17 bits per heavy atom. The Kier molecular flexibility index (Phi) is 4.54. The molecule has 0 aliphatic heterocycles. The van der Waals surface area contributed by atoms with Crippen LogP contribution in [0.2, 0.25) is 0 Å². The molecule has 0 aromatic heterocycles. The third kappa shape index (κ3) is 4.10. The fourth-order valence-corrected chi connectivity index (χ4v) is 0.709. The number of carbonyl (C=O) groups is 1. The van der Waals surface area contributed by atoms with Crippen LogP contribution in [0.5, 0.6) is 0 Å². The highest BCUT2D eigenvalue weighted by Gasteiger charge is 2.19. The predicted molar refractivity (Wildman–Crippen MR) is 44.1 cm³/mol. The highest BCUT2D eigenvalue weighted by atomic mass is 16.5. The summed E-state index contributed by atoms with van der Waals surface area (Å²) in [6.45, 7) is 2.07. The van der Waals surface area contributed by atoms with E-state index < -0.39 is 11.6 Å². The van der Waals surface area contributed by atoms with Gasteiger partial charge in [0, 0.05) is 20.3 Å². The number of carboxylic acids is 1. The van der Waals surface area contributed by atoms with Crippen LogP contribution in [0.15, 0.2) is 12.2 Å². The first-order chi connectivity index (χ1) is 5.54. The van der Waals surface area contributed by atoms with Crippen molar-refractivity contribution in [2.45, 2.75) is 12.5 Å². The molecule has 0 saturated carbocycles. The van der Waals surface area contributed by atoms with E-state index in [1.807, 2.05) is 0 Å². The Labute approximate surface area is 71.8 Å². The second-order valence-electron chi connectivity index (χ2n) is 2.62. The molecule has 12 heavy (non-hydrogen) atoms. The summed E-state index contributed by atoms with van der Waals surface area (Å²) in [7, 11) is 3.04. The highest BCUT2D eigenvalue weighted by molar-refractivity contribution is 5.79. The van der Waals surface area contributed by atoms with Crippen molar-refractivity contribution >= 4 is 5.97 Å². The Morgan fingerprint density at radius 3 is 2.50 bits per heavy atom. The van der Waals surface area contributed by atoms with Crippen LogP contribution in [-0.4, -0.2) is 37.5 Å². The molecule has 0 amide bonds. The van der Waals surface area contributed by atoms with Gasteiger partial charge in [0.05, 0.1) is 6.61 Å². The minimum atomic E-state index is -0.991. The normalized spacial score (nSPS) is 16.2. The van der Waals surface area contributed by atoms with Crippen LogP contribution >= 0.6 is 0 Å². The van der Waals surface area contributed by atoms with Gasteiger partial charge in [0.1, 0.15) is 5.60 Å². The first-order valence-corrected chi connectivity index (χ1v) is 3.50. The van der Waals surface area contributed by atoms with E-state index in [0.29, 0.717) is 6.61 Å². The van der Waals surface area contributed by atoms with Crippen molar-refractivity contribution in [2.24, 2.45) is 0 Å². The third-order valence-electron chi connectivity index (χ3n) is 1.48. The molecule has 0 rings (SSSR count). The van der Waals surface area contributed by atoms with E-state index in [9.17, 15) is 4.79 Å². The monoisotopic (exact) mass is 174 g/mol. The third-order valence-corrected chi connectivity index (χ3v) is 1.48. The highest BCUT2D eigenvalue weighted by Crippen LogP contribution is 2.10. The second-order valence-corrected chi connectivity index (χ2v) is 2.62. The maximum atomic E-state index is 10.2. The summed E-state index contributed by atoms with van der Waals surface area (Å²) in [5, 5.41) is 8.36. The van der Waals surface area contributed by atoms with E-state index in [2.05, 4.69) is 0 Å². The number of carboxylic acid groups (broad SMARTS) is 1. The van der Waals surface area contributed by atoms with Crippen molar-refractivity contribution in [1.82, 2.24) is 0 Å². The zero-order valence-corrected chi connectivity index (χ0v) is 7.53. The van der Waals surface area contributed by atoms with Crippen LogP contribution in [0.3, 0.4) is 0 Å². The second kappa shape index (κ2) is 4.90. The summed E-state index contributed by atoms with van der Waals surface area (Å²) < 4.78 is 9.91. The van der Waals surface area contributed by atoms with Gasteiger partial charge in [-0.25, -0.2) is 4.79 Å². The van der Waals surface area contributed by atoms with Crippen LogP contribution in [-0.2, 0) is 14.3 Å². The van der Waals surface area contributed by atoms with E-state index in [4.69, 9.17) is 14.6 Å². The van der Waals surface area contributed by atoms with Crippen molar-refractivity contribution in [2.75, 3.05) is 20.8 Å². The maximum Gasteiger partial charge on any atom is 0.328 e. The van der Waals surface area contributed by atoms with Crippen molar-refractivity contribution in [1.29, 1.82) is 0 Å². The van der Waals surface area contributed by atoms with Crippen LogP contribution in [0, 0.1) is 0 Å². The van der Waals surface area contributed by atoms with Crippen molar-refractivity contribution < 1.29 is 19.4 Å². The lowest BCUT2D eigenvalue weighted by Crippen LogP contribution is -2.30. The minimum absolute atomic E-state index is 0.327. The molecule has 0 saturated heterocycles. The number of ether oxygens (including phenoxy) is 2. The zero-order chi connectivity index (χ0) is 9.61. The first-order valence-electron chi connectivity index (χ1n) is 3.50. The fraction of sp³-hybridized carbons (Fsp3) is 0.625. The van der Waals surface area contributed by atoms with Crippen LogP contribution in [0.25, 0.3) is 0 Å². The van der Waals surface area contributed by atoms with E-state index >= 15 is 0 Å². The standard InChI is InChI=1S/C8H14O4/c1-8(12-3,6-11-2)5-4-7(9)10/h4-5H,6H2,1-3H3,(H,9,10). The smallest absolute Gasteiger partial charge is 0.328 e. The number of hydrogen-bond acceptors (Lipinski definition) is 3. The fourth-order valence-electron chi connectivity index (χ4n) is 0.709. The first kappa shape index (κ1) is 11.1. The van der Waals surface area contributed by atoms with Gasteiger partial charge in [-0.05, 0) is 13.0 Å².